The third-order valence-electron chi connectivity index (χ3n) is 12.7. The van der Waals surface area contributed by atoms with Crippen molar-refractivity contribution in [2.24, 2.45) is 0 Å². The second-order valence-corrected chi connectivity index (χ2v) is 18.7. The van der Waals surface area contributed by atoms with Gasteiger partial charge in [-0.1, -0.05) is 290 Å². The molecule has 0 bridgehead atoms. The number of carbonyl (C=O) groups is 2. The third kappa shape index (κ3) is 49.4. The van der Waals surface area contributed by atoms with Gasteiger partial charge in [-0.3, -0.25) is 9.59 Å². The second kappa shape index (κ2) is 51.3. The summed E-state index contributed by atoms with van der Waals surface area (Å²) in [5.74, 6) is -0.568. The van der Waals surface area contributed by atoms with Gasteiger partial charge in [-0.25, -0.2) is 0 Å². The van der Waals surface area contributed by atoms with Crippen molar-refractivity contribution in [3.63, 3.8) is 0 Å². The van der Waals surface area contributed by atoms with Crippen LogP contribution < -0.4 is 0 Å². The highest BCUT2D eigenvalue weighted by Gasteiger charge is 2.16. The fourth-order valence-corrected chi connectivity index (χ4v) is 8.56. The largest absolute Gasteiger partial charge is 0.462 e. The number of esters is 2. The smallest absolute Gasteiger partial charge is 0.306 e. The molecule has 5 nitrogen and oxygen atoms in total. The minimum atomic E-state index is -0.763. The number of hydrogen-bond donors (Lipinski definition) is 1. The van der Waals surface area contributed by atoms with Crippen LogP contribution in [0.2, 0.25) is 0 Å². The summed E-state index contributed by atoms with van der Waals surface area (Å²) in [5, 5.41) is 9.62. The Kier molecular flexibility index (Phi) is 50.3. The van der Waals surface area contributed by atoms with Crippen LogP contribution in [0, 0.1) is 0 Å². The van der Waals surface area contributed by atoms with Crippen LogP contribution in [-0.4, -0.2) is 36.4 Å². The molecule has 0 fully saturated rings. The molecule has 0 spiro atoms. The highest BCUT2D eigenvalue weighted by molar-refractivity contribution is 5.70. The lowest BCUT2D eigenvalue weighted by Crippen LogP contribution is -2.28. The summed E-state index contributed by atoms with van der Waals surface area (Å²) < 4.78 is 10.7. The van der Waals surface area contributed by atoms with Gasteiger partial charge in [0, 0.05) is 12.8 Å². The molecule has 0 aromatic rings. The molecule has 0 heterocycles. The number of hydrogen-bond acceptors (Lipinski definition) is 5. The molecule has 0 radical (unpaired) electrons. The molecule has 0 aliphatic heterocycles. The molecular formula is C54H106O5. The molecule has 5 heteroatoms. The first-order valence-electron chi connectivity index (χ1n) is 27.1. The first-order chi connectivity index (χ1) is 29.1. The number of rotatable bonds is 51. The van der Waals surface area contributed by atoms with Gasteiger partial charge < -0.3 is 14.6 Å². The molecule has 0 saturated heterocycles. The summed E-state index contributed by atoms with van der Waals surface area (Å²) in [4.78, 5) is 24.4. The first kappa shape index (κ1) is 57.9. The van der Waals surface area contributed by atoms with Crippen LogP contribution in [0.3, 0.4) is 0 Å². The molecule has 1 atom stereocenters. The lowest BCUT2D eigenvalue weighted by atomic mass is 10.0. The number of aliphatic hydroxyl groups excluding tert-OH is 1. The van der Waals surface area contributed by atoms with E-state index in [4.69, 9.17) is 9.47 Å². The van der Waals surface area contributed by atoms with Crippen LogP contribution in [0.25, 0.3) is 0 Å². The maximum Gasteiger partial charge on any atom is 0.306 e. The van der Waals surface area contributed by atoms with E-state index in [2.05, 4.69) is 13.8 Å². The molecule has 0 aromatic heterocycles. The van der Waals surface area contributed by atoms with Crippen LogP contribution in [0.1, 0.15) is 316 Å². The van der Waals surface area contributed by atoms with E-state index in [1.54, 1.807) is 0 Å². The summed E-state index contributed by atoms with van der Waals surface area (Å²) in [6, 6.07) is 0. The molecular weight excluding hydrogens is 729 g/mol. The molecule has 0 rings (SSSR count). The van der Waals surface area contributed by atoms with Gasteiger partial charge in [-0.2, -0.15) is 0 Å². The molecule has 0 amide bonds. The Labute approximate surface area is 369 Å². The van der Waals surface area contributed by atoms with E-state index in [1.807, 2.05) is 0 Å². The quantitative estimate of drug-likeness (QED) is 0.0488. The van der Waals surface area contributed by atoms with Crippen molar-refractivity contribution in [1.82, 2.24) is 0 Å². The monoisotopic (exact) mass is 835 g/mol. The van der Waals surface area contributed by atoms with Gasteiger partial charge in [0.1, 0.15) is 6.61 Å². The van der Waals surface area contributed by atoms with Gasteiger partial charge in [-0.05, 0) is 12.8 Å². The number of carbonyl (C=O) groups excluding carboxylic acids is 2. The average molecular weight is 835 g/mol. The lowest BCUT2D eigenvalue weighted by molar-refractivity contribution is -0.161. The Balaban J connectivity index is 3.36. The Bertz CT molecular complexity index is 815. The van der Waals surface area contributed by atoms with E-state index in [1.165, 1.54) is 257 Å². The van der Waals surface area contributed by atoms with Gasteiger partial charge in [0.2, 0.25) is 0 Å². The lowest BCUT2D eigenvalue weighted by Gasteiger charge is -2.15. The van der Waals surface area contributed by atoms with E-state index >= 15 is 0 Å². The summed E-state index contributed by atoms with van der Waals surface area (Å²) in [6.07, 6.45) is 60.8. The number of unbranched alkanes of at least 4 members (excludes halogenated alkanes) is 43. The van der Waals surface area contributed by atoms with Crippen molar-refractivity contribution in [3.05, 3.63) is 0 Å². The number of aliphatic hydroxyl groups is 1. The summed E-state index contributed by atoms with van der Waals surface area (Å²) in [7, 11) is 0. The minimum absolute atomic E-state index is 0.0562. The zero-order chi connectivity index (χ0) is 42.8. The predicted octanol–water partition coefficient (Wildman–Crippen LogP) is 17.8. The summed E-state index contributed by atoms with van der Waals surface area (Å²) in [5.41, 5.74) is 0. The summed E-state index contributed by atoms with van der Waals surface area (Å²) in [6.45, 7) is 4.19. The second-order valence-electron chi connectivity index (χ2n) is 18.7. The highest BCUT2D eigenvalue weighted by atomic mass is 16.6. The topological polar surface area (TPSA) is 72.8 Å². The zero-order valence-corrected chi connectivity index (χ0v) is 40.3. The fourth-order valence-electron chi connectivity index (χ4n) is 8.56. The molecule has 1 N–H and O–H groups in total. The van der Waals surface area contributed by atoms with E-state index < -0.39 is 6.10 Å². The predicted molar refractivity (Wildman–Crippen MR) is 256 cm³/mol. The Morgan fingerprint density at radius 3 is 0.746 bits per heavy atom. The van der Waals surface area contributed by atoms with E-state index in [0.29, 0.717) is 12.8 Å². The number of ether oxygens (including phenoxy) is 2. The molecule has 0 aliphatic rings. The van der Waals surface area contributed by atoms with Crippen LogP contribution >= 0.6 is 0 Å². The third-order valence-corrected chi connectivity index (χ3v) is 12.7. The standard InChI is InChI=1S/C54H106O5/c1-3-5-7-9-11-13-15-17-19-20-21-22-23-24-25-26-27-28-29-30-31-32-33-34-35-37-39-41-43-45-47-49-54(57)59-52(50-55)51-58-53(56)48-46-44-42-40-38-36-18-16-14-12-10-8-6-4-2/h52,55H,3-51H2,1-2H3. The van der Waals surface area contributed by atoms with E-state index in [-0.39, 0.29) is 25.2 Å². The van der Waals surface area contributed by atoms with Crippen LogP contribution in [0.4, 0.5) is 0 Å². The maximum absolute atomic E-state index is 12.3. The van der Waals surface area contributed by atoms with Crippen LogP contribution in [0.5, 0.6) is 0 Å². The first-order valence-corrected chi connectivity index (χ1v) is 27.1. The van der Waals surface area contributed by atoms with Gasteiger partial charge in [-0.15, -0.1) is 0 Å². The van der Waals surface area contributed by atoms with Crippen molar-refractivity contribution in [3.8, 4) is 0 Å². The van der Waals surface area contributed by atoms with Crippen molar-refractivity contribution < 1.29 is 24.2 Å². The molecule has 1 unspecified atom stereocenters. The normalized spacial score (nSPS) is 12.0. The van der Waals surface area contributed by atoms with Crippen LogP contribution in [0.15, 0.2) is 0 Å². The van der Waals surface area contributed by atoms with Crippen molar-refractivity contribution in [1.29, 1.82) is 0 Å². The van der Waals surface area contributed by atoms with Crippen molar-refractivity contribution in [2.75, 3.05) is 13.2 Å². The Morgan fingerprint density at radius 2 is 0.525 bits per heavy atom. The Hall–Kier alpha value is -1.10. The molecule has 59 heavy (non-hydrogen) atoms. The van der Waals surface area contributed by atoms with Crippen molar-refractivity contribution in [2.45, 2.75) is 322 Å². The van der Waals surface area contributed by atoms with E-state index in [9.17, 15) is 14.7 Å². The molecule has 0 saturated carbocycles. The van der Waals surface area contributed by atoms with Gasteiger partial charge >= 0.3 is 11.9 Å². The highest BCUT2D eigenvalue weighted by Crippen LogP contribution is 2.18. The molecule has 352 valence electrons. The summed E-state index contributed by atoms with van der Waals surface area (Å²) >= 11 is 0. The zero-order valence-electron chi connectivity index (χ0n) is 40.3. The van der Waals surface area contributed by atoms with E-state index in [0.717, 1.165) is 32.1 Å². The maximum atomic E-state index is 12.3. The molecule has 0 aliphatic carbocycles. The molecule has 0 aromatic carbocycles. The fraction of sp³-hybridized carbons (Fsp3) is 0.963. The van der Waals surface area contributed by atoms with Gasteiger partial charge in [0.05, 0.1) is 6.61 Å². The van der Waals surface area contributed by atoms with Gasteiger partial charge in [0.15, 0.2) is 6.10 Å². The average Bonchev–Trinajstić information content (AvgIpc) is 3.24. The van der Waals surface area contributed by atoms with Crippen LogP contribution in [-0.2, 0) is 19.1 Å². The van der Waals surface area contributed by atoms with Crippen molar-refractivity contribution >= 4 is 11.9 Å². The minimum Gasteiger partial charge on any atom is -0.462 e. The Morgan fingerprint density at radius 1 is 0.322 bits per heavy atom. The SMILES string of the molecule is CCCCCCCCCCCCCCCCCCCCCCCCCCCCCCCCCC(=O)OC(CO)COC(=O)CCCCCCCCCCCCCCCC. The van der Waals surface area contributed by atoms with Gasteiger partial charge in [0.25, 0.3) is 0 Å².